The number of rotatable bonds is 50. The molecule has 0 amide bonds. The molecule has 0 unspecified atom stereocenters. The van der Waals surface area contributed by atoms with E-state index in [0.717, 1.165) is 57.8 Å². The summed E-state index contributed by atoms with van der Waals surface area (Å²) in [6, 6.07) is 0. The summed E-state index contributed by atoms with van der Waals surface area (Å²) in [6.07, 6.45) is 53.9. The maximum Gasteiger partial charge on any atom is 0.306 e. The second-order valence-corrected chi connectivity index (χ2v) is 18.5. The molecule has 0 aliphatic heterocycles. The van der Waals surface area contributed by atoms with Gasteiger partial charge in [-0.15, -0.1) is 0 Å². The Balaban J connectivity index is 4.16. The summed E-state index contributed by atoms with van der Waals surface area (Å²) < 4.78 is 16.8. The van der Waals surface area contributed by atoms with Crippen molar-refractivity contribution in [2.45, 2.75) is 316 Å². The number of esters is 3. The van der Waals surface area contributed by atoms with Gasteiger partial charge >= 0.3 is 17.9 Å². The molecule has 60 heavy (non-hydrogen) atoms. The van der Waals surface area contributed by atoms with E-state index in [2.05, 4.69) is 20.8 Å². The molecule has 0 aromatic rings. The first-order chi connectivity index (χ1) is 29.5. The van der Waals surface area contributed by atoms with E-state index in [4.69, 9.17) is 14.2 Å². The third-order valence-electron chi connectivity index (χ3n) is 12.4. The molecule has 0 bridgehead atoms. The predicted octanol–water partition coefficient (Wildman–Crippen LogP) is 17.6. The monoisotopic (exact) mass is 849 g/mol. The van der Waals surface area contributed by atoms with Crippen LogP contribution in [0.15, 0.2) is 0 Å². The first kappa shape index (κ1) is 58.4. The van der Waals surface area contributed by atoms with Crippen LogP contribution in [0.25, 0.3) is 0 Å². The molecule has 0 aromatic carbocycles. The van der Waals surface area contributed by atoms with Gasteiger partial charge < -0.3 is 14.2 Å². The van der Waals surface area contributed by atoms with Crippen molar-refractivity contribution in [1.29, 1.82) is 0 Å². The van der Waals surface area contributed by atoms with Gasteiger partial charge in [-0.2, -0.15) is 0 Å². The van der Waals surface area contributed by atoms with Crippen LogP contribution in [0.4, 0.5) is 0 Å². The second-order valence-electron chi connectivity index (χ2n) is 18.5. The molecule has 0 N–H and O–H groups in total. The second kappa shape index (κ2) is 50.1. The zero-order valence-electron chi connectivity index (χ0n) is 40.8. The summed E-state index contributed by atoms with van der Waals surface area (Å²) in [7, 11) is 0. The lowest BCUT2D eigenvalue weighted by Crippen LogP contribution is -2.30. The molecular formula is C54H104O6. The molecule has 0 aromatic heterocycles. The van der Waals surface area contributed by atoms with E-state index in [1.165, 1.54) is 212 Å². The molecule has 6 nitrogen and oxygen atoms in total. The summed E-state index contributed by atoms with van der Waals surface area (Å²) in [5.41, 5.74) is 0. The van der Waals surface area contributed by atoms with Crippen molar-refractivity contribution < 1.29 is 28.6 Å². The first-order valence-corrected chi connectivity index (χ1v) is 27.0. The largest absolute Gasteiger partial charge is 0.462 e. The van der Waals surface area contributed by atoms with E-state index in [-0.39, 0.29) is 31.1 Å². The van der Waals surface area contributed by atoms with Gasteiger partial charge in [0.2, 0.25) is 0 Å². The third kappa shape index (κ3) is 47.5. The molecule has 0 fully saturated rings. The summed E-state index contributed by atoms with van der Waals surface area (Å²) >= 11 is 0. The fourth-order valence-corrected chi connectivity index (χ4v) is 8.27. The highest BCUT2D eigenvalue weighted by Crippen LogP contribution is 2.17. The lowest BCUT2D eigenvalue weighted by Gasteiger charge is -2.18. The average Bonchev–Trinajstić information content (AvgIpc) is 3.24. The highest BCUT2D eigenvalue weighted by molar-refractivity contribution is 5.71. The topological polar surface area (TPSA) is 78.9 Å². The standard InChI is InChI=1S/C54H104O6/c1-4-7-10-13-16-18-20-22-24-26-27-28-30-32-34-36-39-42-45-48-54(57)60-51(49-58-52(55)46-43-40-37-15-12-9-6-3)50-59-53(56)47-44-41-38-35-33-31-29-25-23-21-19-17-14-11-8-5-2/h51H,4-50H2,1-3H3/t51-/m0/s1. The molecule has 1 atom stereocenters. The Kier molecular flexibility index (Phi) is 48.7. The molecule has 0 aliphatic rings. The lowest BCUT2D eigenvalue weighted by atomic mass is 10.0. The molecular weight excluding hydrogens is 745 g/mol. The fourth-order valence-electron chi connectivity index (χ4n) is 8.27. The van der Waals surface area contributed by atoms with Crippen LogP contribution < -0.4 is 0 Å². The van der Waals surface area contributed by atoms with Crippen LogP contribution in [0.2, 0.25) is 0 Å². The summed E-state index contributed by atoms with van der Waals surface area (Å²) in [4.78, 5) is 37.8. The van der Waals surface area contributed by atoms with Crippen molar-refractivity contribution in [2.75, 3.05) is 13.2 Å². The average molecular weight is 849 g/mol. The quantitative estimate of drug-likeness (QED) is 0.0345. The van der Waals surface area contributed by atoms with Gasteiger partial charge in [0.15, 0.2) is 6.10 Å². The van der Waals surface area contributed by atoms with Gasteiger partial charge in [-0.3, -0.25) is 14.4 Å². The van der Waals surface area contributed by atoms with E-state index in [1.54, 1.807) is 0 Å². The van der Waals surface area contributed by atoms with Crippen LogP contribution in [0, 0.1) is 0 Å². The Morgan fingerprint density at radius 1 is 0.267 bits per heavy atom. The Bertz CT molecular complexity index is 889. The minimum atomic E-state index is -0.759. The molecule has 0 heterocycles. The van der Waals surface area contributed by atoms with Crippen LogP contribution in [0.5, 0.6) is 0 Å². The van der Waals surface area contributed by atoms with Crippen molar-refractivity contribution in [1.82, 2.24) is 0 Å². The van der Waals surface area contributed by atoms with E-state index < -0.39 is 6.10 Å². The maximum atomic E-state index is 12.8. The van der Waals surface area contributed by atoms with Gasteiger partial charge in [0, 0.05) is 19.3 Å². The predicted molar refractivity (Wildman–Crippen MR) is 257 cm³/mol. The van der Waals surface area contributed by atoms with Gasteiger partial charge in [0.05, 0.1) is 0 Å². The van der Waals surface area contributed by atoms with E-state index in [1.807, 2.05) is 0 Å². The molecule has 0 saturated carbocycles. The summed E-state index contributed by atoms with van der Waals surface area (Å²) in [5, 5.41) is 0. The van der Waals surface area contributed by atoms with Crippen LogP contribution in [-0.4, -0.2) is 37.2 Å². The molecule has 0 aliphatic carbocycles. The van der Waals surface area contributed by atoms with Crippen molar-refractivity contribution in [3.8, 4) is 0 Å². The minimum absolute atomic E-state index is 0.0622. The highest BCUT2D eigenvalue weighted by atomic mass is 16.6. The fraction of sp³-hybridized carbons (Fsp3) is 0.944. The number of carbonyl (C=O) groups is 3. The van der Waals surface area contributed by atoms with Crippen LogP contribution >= 0.6 is 0 Å². The van der Waals surface area contributed by atoms with Crippen molar-refractivity contribution in [3.05, 3.63) is 0 Å². The molecule has 6 heteroatoms. The van der Waals surface area contributed by atoms with Crippen molar-refractivity contribution in [2.24, 2.45) is 0 Å². The number of unbranched alkanes of at least 4 members (excludes halogenated alkanes) is 39. The lowest BCUT2D eigenvalue weighted by molar-refractivity contribution is -0.167. The van der Waals surface area contributed by atoms with Gasteiger partial charge in [0.25, 0.3) is 0 Å². The Labute approximate surface area is 374 Å². The zero-order valence-corrected chi connectivity index (χ0v) is 40.8. The van der Waals surface area contributed by atoms with Gasteiger partial charge in [-0.05, 0) is 19.3 Å². The Morgan fingerprint density at radius 2 is 0.450 bits per heavy atom. The molecule has 0 saturated heterocycles. The van der Waals surface area contributed by atoms with Gasteiger partial charge in [-0.1, -0.05) is 271 Å². The number of ether oxygens (including phenoxy) is 3. The molecule has 0 spiro atoms. The van der Waals surface area contributed by atoms with E-state index in [0.29, 0.717) is 19.3 Å². The van der Waals surface area contributed by atoms with Crippen LogP contribution in [0.1, 0.15) is 310 Å². The van der Waals surface area contributed by atoms with Gasteiger partial charge in [0.1, 0.15) is 13.2 Å². The third-order valence-corrected chi connectivity index (χ3v) is 12.4. The number of carbonyl (C=O) groups excluding carboxylic acids is 3. The van der Waals surface area contributed by atoms with Crippen LogP contribution in [0.3, 0.4) is 0 Å². The van der Waals surface area contributed by atoms with Crippen LogP contribution in [-0.2, 0) is 28.6 Å². The zero-order chi connectivity index (χ0) is 43.7. The molecule has 0 rings (SSSR count). The molecule has 356 valence electrons. The van der Waals surface area contributed by atoms with Crippen molar-refractivity contribution in [3.63, 3.8) is 0 Å². The highest BCUT2D eigenvalue weighted by Gasteiger charge is 2.19. The Morgan fingerprint density at radius 3 is 0.667 bits per heavy atom. The summed E-state index contributed by atoms with van der Waals surface area (Å²) in [5.74, 6) is -0.846. The minimum Gasteiger partial charge on any atom is -0.462 e. The number of hydrogen-bond acceptors (Lipinski definition) is 6. The van der Waals surface area contributed by atoms with E-state index in [9.17, 15) is 14.4 Å². The number of hydrogen-bond donors (Lipinski definition) is 0. The van der Waals surface area contributed by atoms with E-state index >= 15 is 0 Å². The normalized spacial score (nSPS) is 11.8. The molecule has 0 radical (unpaired) electrons. The smallest absolute Gasteiger partial charge is 0.306 e. The SMILES string of the molecule is CCCCCCCCCCCCCCCCCCCCCC(=O)O[C@@H](COC(=O)CCCCCCCCC)COC(=O)CCCCCCCCCCCCCCCCCC. The van der Waals surface area contributed by atoms with Crippen molar-refractivity contribution >= 4 is 17.9 Å². The first-order valence-electron chi connectivity index (χ1n) is 27.0. The Hall–Kier alpha value is -1.59. The maximum absolute atomic E-state index is 12.8. The summed E-state index contributed by atoms with van der Waals surface area (Å²) in [6.45, 7) is 6.65. The van der Waals surface area contributed by atoms with Gasteiger partial charge in [-0.25, -0.2) is 0 Å².